The fourth-order valence-electron chi connectivity index (χ4n) is 3.81. The van der Waals surface area contributed by atoms with Gasteiger partial charge in [0.25, 0.3) is 0 Å². The normalized spacial score (nSPS) is 13.9. The van der Waals surface area contributed by atoms with Crippen molar-refractivity contribution < 1.29 is 27.8 Å². The van der Waals surface area contributed by atoms with Crippen molar-refractivity contribution in [1.29, 1.82) is 0 Å². The minimum absolute atomic E-state index is 0.176. The summed E-state index contributed by atoms with van der Waals surface area (Å²) in [4.78, 5) is 39.0. The first-order valence-electron chi connectivity index (χ1n) is 10.3. The molecule has 1 fully saturated rings. The van der Waals surface area contributed by atoms with Crippen LogP contribution < -0.4 is 20.7 Å². The number of benzene rings is 2. The number of para-hydroxylation sites is 1. The molecule has 0 N–H and O–H groups in total. The van der Waals surface area contributed by atoms with Crippen LogP contribution in [0.3, 0.4) is 0 Å². The van der Waals surface area contributed by atoms with E-state index in [2.05, 4.69) is 0 Å². The molecule has 0 atom stereocenters. The lowest BCUT2D eigenvalue weighted by atomic mass is 10.0. The maximum atomic E-state index is 12.8. The Bertz CT molecular complexity index is 1480. The SMILES string of the molecule is COc1cccc2cc(-c3cc(=O)oc4cc(OC(=O)N5CCOCC5)ccc34)c(=O)oc12. The highest BCUT2D eigenvalue weighted by atomic mass is 16.6. The van der Waals surface area contributed by atoms with E-state index in [0.717, 1.165) is 0 Å². The van der Waals surface area contributed by atoms with Gasteiger partial charge in [-0.2, -0.15) is 0 Å². The summed E-state index contributed by atoms with van der Waals surface area (Å²) < 4.78 is 26.7. The Hall–Kier alpha value is -4.11. The minimum atomic E-state index is -0.653. The molecule has 0 spiro atoms. The summed E-state index contributed by atoms with van der Waals surface area (Å²) in [7, 11) is 1.49. The number of ether oxygens (including phenoxy) is 3. The van der Waals surface area contributed by atoms with Gasteiger partial charge in [-0.1, -0.05) is 12.1 Å². The summed E-state index contributed by atoms with van der Waals surface area (Å²) >= 11 is 0. The Morgan fingerprint density at radius 1 is 0.970 bits per heavy atom. The van der Waals surface area contributed by atoms with Gasteiger partial charge in [-0.25, -0.2) is 14.4 Å². The van der Waals surface area contributed by atoms with Gasteiger partial charge in [-0.05, 0) is 24.3 Å². The summed E-state index contributed by atoms with van der Waals surface area (Å²) in [6.45, 7) is 1.78. The van der Waals surface area contributed by atoms with Crippen LogP contribution in [0.4, 0.5) is 4.79 Å². The van der Waals surface area contributed by atoms with Crippen molar-refractivity contribution in [2.75, 3.05) is 33.4 Å². The molecule has 1 amide bonds. The Balaban J connectivity index is 1.57. The molecule has 2 aromatic heterocycles. The quantitative estimate of drug-likeness (QED) is 0.438. The number of hydrogen-bond acceptors (Lipinski definition) is 8. The first-order chi connectivity index (χ1) is 16.0. The second kappa shape index (κ2) is 8.44. The molecule has 5 rings (SSSR count). The maximum absolute atomic E-state index is 12.8. The smallest absolute Gasteiger partial charge is 0.415 e. The van der Waals surface area contributed by atoms with Gasteiger partial charge in [0.2, 0.25) is 0 Å². The Morgan fingerprint density at radius 3 is 2.58 bits per heavy atom. The predicted octanol–water partition coefficient (Wildman–Crippen LogP) is 3.41. The summed E-state index contributed by atoms with van der Waals surface area (Å²) in [6, 6.07) is 12.8. The maximum Gasteiger partial charge on any atom is 0.415 e. The van der Waals surface area contributed by atoms with Crippen LogP contribution in [0, 0.1) is 0 Å². The van der Waals surface area contributed by atoms with Crippen molar-refractivity contribution >= 4 is 28.0 Å². The van der Waals surface area contributed by atoms with Crippen molar-refractivity contribution in [2.45, 2.75) is 0 Å². The highest BCUT2D eigenvalue weighted by Gasteiger charge is 2.20. The van der Waals surface area contributed by atoms with Crippen LogP contribution in [-0.2, 0) is 4.74 Å². The van der Waals surface area contributed by atoms with Crippen molar-refractivity contribution in [3.8, 4) is 22.6 Å². The van der Waals surface area contributed by atoms with Crippen molar-refractivity contribution in [3.05, 3.63) is 69.4 Å². The van der Waals surface area contributed by atoms with E-state index in [0.29, 0.717) is 54.0 Å². The predicted molar refractivity (Wildman–Crippen MR) is 119 cm³/mol. The van der Waals surface area contributed by atoms with E-state index >= 15 is 0 Å². The average molecular weight is 449 g/mol. The standard InChI is InChI=1S/C24H19NO8/c1-29-19-4-2-3-14-11-18(23(27)33-22(14)19)17-13-21(26)32-20-12-15(5-6-16(17)20)31-24(28)25-7-9-30-10-8-25/h2-6,11-13H,7-10H2,1H3. The number of morpholine rings is 1. The van der Waals surface area contributed by atoms with Gasteiger partial charge in [0.15, 0.2) is 11.3 Å². The third kappa shape index (κ3) is 3.94. The second-order valence-corrected chi connectivity index (χ2v) is 7.43. The highest BCUT2D eigenvalue weighted by Crippen LogP contribution is 2.31. The molecule has 3 heterocycles. The number of carbonyl (C=O) groups excluding carboxylic acids is 1. The zero-order chi connectivity index (χ0) is 22.9. The molecule has 0 saturated carbocycles. The van der Waals surface area contributed by atoms with Crippen LogP contribution in [0.15, 0.2) is 67.0 Å². The summed E-state index contributed by atoms with van der Waals surface area (Å²) in [5.41, 5.74) is -0.230. The number of rotatable bonds is 3. The Kier molecular flexibility index (Phi) is 5.31. The molecule has 1 aliphatic heterocycles. The first kappa shape index (κ1) is 20.8. The van der Waals surface area contributed by atoms with Gasteiger partial charge < -0.3 is 27.9 Å². The van der Waals surface area contributed by atoms with Gasteiger partial charge >= 0.3 is 17.3 Å². The number of nitrogens with zero attached hydrogens (tertiary/aromatic N) is 1. The fraction of sp³-hybridized carbons (Fsp3) is 0.208. The lowest BCUT2D eigenvalue weighted by Gasteiger charge is -2.25. The zero-order valence-electron chi connectivity index (χ0n) is 17.7. The van der Waals surface area contributed by atoms with Gasteiger partial charge in [0.1, 0.15) is 11.3 Å². The third-order valence-electron chi connectivity index (χ3n) is 5.42. The summed E-state index contributed by atoms with van der Waals surface area (Å²) in [6.07, 6.45) is -0.514. The average Bonchev–Trinajstić information content (AvgIpc) is 2.83. The molecule has 4 aromatic rings. The molecule has 9 heteroatoms. The van der Waals surface area contributed by atoms with Crippen molar-refractivity contribution in [2.24, 2.45) is 0 Å². The van der Waals surface area contributed by atoms with Crippen molar-refractivity contribution in [1.82, 2.24) is 4.90 Å². The topological polar surface area (TPSA) is 108 Å². The lowest BCUT2D eigenvalue weighted by Crippen LogP contribution is -2.42. The lowest BCUT2D eigenvalue weighted by molar-refractivity contribution is 0.0416. The van der Waals surface area contributed by atoms with Gasteiger partial charge in [-0.3, -0.25) is 0 Å². The molecule has 0 bridgehead atoms. The summed E-state index contributed by atoms with van der Waals surface area (Å²) in [5, 5.41) is 1.14. The van der Waals surface area contributed by atoms with Gasteiger partial charge in [-0.15, -0.1) is 0 Å². The molecule has 33 heavy (non-hydrogen) atoms. The molecule has 168 valence electrons. The molecule has 1 aliphatic rings. The van der Waals surface area contributed by atoms with E-state index in [9.17, 15) is 14.4 Å². The van der Waals surface area contributed by atoms with Crippen molar-refractivity contribution in [3.63, 3.8) is 0 Å². The fourth-order valence-corrected chi connectivity index (χ4v) is 3.81. The molecular weight excluding hydrogens is 430 g/mol. The monoisotopic (exact) mass is 449 g/mol. The van der Waals surface area contributed by atoms with E-state index in [1.165, 1.54) is 24.1 Å². The van der Waals surface area contributed by atoms with Crippen LogP contribution in [0.25, 0.3) is 33.1 Å². The van der Waals surface area contributed by atoms with E-state index in [1.54, 1.807) is 36.4 Å². The number of hydrogen-bond donors (Lipinski definition) is 0. The third-order valence-corrected chi connectivity index (χ3v) is 5.42. The molecule has 1 saturated heterocycles. The molecule has 0 aliphatic carbocycles. The Labute approximate surface area is 186 Å². The van der Waals surface area contributed by atoms with Gasteiger partial charge in [0, 0.05) is 41.6 Å². The zero-order valence-corrected chi connectivity index (χ0v) is 17.7. The van der Waals surface area contributed by atoms with E-state index < -0.39 is 17.3 Å². The molecule has 0 radical (unpaired) electrons. The Morgan fingerprint density at radius 2 is 1.79 bits per heavy atom. The van der Waals surface area contributed by atoms with E-state index in [-0.39, 0.29) is 16.9 Å². The van der Waals surface area contributed by atoms with E-state index in [1.807, 2.05) is 0 Å². The molecule has 0 unspecified atom stereocenters. The van der Waals surface area contributed by atoms with E-state index in [4.69, 9.17) is 23.0 Å². The largest absolute Gasteiger partial charge is 0.493 e. The number of amides is 1. The molecule has 9 nitrogen and oxygen atoms in total. The van der Waals surface area contributed by atoms with Crippen LogP contribution in [0.5, 0.6) is 11.5 Å². The van der Waals surface area contributed by atoms with Crippen LogP contribution in [0.2, 0.25) is 0 Å². The highest BCUT2D eigenvalue weighted by molar-refractivity contribution is 5.96. The number of fused-ring (bicyclic) bond motifs is 2. The van der Waals surface area contributed by atoms with Crippen LogP contribution in [0.1, 0.15) is 0 Å². The second-order valence-electron chi connectivity index (χ2n) is 7.43. The van der Waals surface area contributed by atoms with Crippen LogP contribution >= 0.6 is 0 Å². The first-order valence-corrected chi connectivity index (χ1v) is 10.3. The molecule has 2 aromatic carbocycles. The van der Waals surface area contributed by atoms with Gasteiger partial charge in [0.05, 0.1) is 25.9 Å². The summed E-state index contributed by atoms with van der Waals surface area (Å²) in [5.74, 6) is 0.648. The van der Waals surface area contributed by atoms with Crippen LogP contribution in [-0.4, -0.2) is 44.4 Å². The molecular formula is C24H19NO8. The number of carbonyl (C=O) groups is 1. The number of methoxy groups -OCH3 is 1. The minimum Gasteiger partial charge on any atom is -0.493 e.